The average Bonchev–Trinajstić information content (AvgIpc) is 3.44. The molecule has 0 radical (unpaired) electrons. The number of likely N-dealkylation sites (tertiary alicyclic amines) is 1. The van der Waals surface area contributed by atoms with Crippen LogP contribution >= 0.6 is 0 Å². The minimum absolute atomic E-state index is 0.0161. The van der Waals surface area contributed by atoms with Crippen LogP contribution in [0.15, 0.2) is 0 Å². The largest absolute Gasteiger partial charge is 0.391 e. The van der Waals surface area contributed by atoms with Gasteiger partial charge in [-0.25, -0.2) is 0 Å². The second kappa shape index (κ2) is 25.3. The lowest BCUT2D eigenvalue weighted by atomic mass is 10.0. The van der Waals surface area contributed by atoms with Crippen LogP contribution in [-0.2, 0) is 38.2 Å². The Hall–Kier alpha value is -2.85. The first-order chi connectivity index (χ1) is 22.1. The highest BCUT2D eigenvalue weighted by Gasteiger charge is 2.34. The molecule has 0 aliphatic carbocycles. The number of unbranched alkanes of at least 4 members (excludes halogenated alkanes) is 7. The van der Waals surface area contributed by atoms with E-state index in [1.54, 1.807) is 4.90 Å². The molecule has 5 amide bonds. The highest BCUT2D eigenvalue weighted by Crippen LogP contribution is 2.15. The number of primary amides is 2. The number of aliphatic hydroxyl groups is 1. The SMILES string of the molecule is NCCCNC(=O)CCOCC(COCCC(N)=O)(COCC(N)=O)NC(=O)CCCCCCCCCCC(=O)N1CCC(O)C1. The van der Waals surface area contributed by atoms with Crippen LogP contribution in [0.25, 0.3) is 0 Å². The van der Waals surface area contributed by atoms with E-state index in [1.807, 2.05) is 0 Å². The van der Waals surface area contributed by atoms with Crippen LogP contribution < -0.4 is 27.8 Å². The monoisotopic (exact) mass is 658 g/mol. The normalized spacial score (nSPS) is 15.8. The number of nitrogens with one attached hydrogen (secondary N) is 2. The van der Waals surface area contributed by atoms with Gasteiger partial charge in [-0.2, -0.15) is 0 Å². The molecule has 15 heteroatoms. The van der Waals surface area contributed by atoms with Gasteiger partial charge >= 0.3 is 0 Å². The molecule has 1 saturated heterocycles. The van der Waals surface area contributed by atoms with E-state index in [4.69, 9.17) is 31.4 Å². The molecule has 0 saturated carbocycles. The quantitative estimate of drug-likeness (QED) is 0.0569. The second-order valence-electron chi connectivity index (χ2n) is 12.0. The maximum atomic E-state index is 13.0. The van der Waals surface area contributed by atoms with Crippen LogP contribution in [-0.4, -0.2) is 117 Å². The molecule has 15 nitrogen and oxygen atoms in total. The number of nitrogens with two attached hydrogens (primary N) is 3. The molecule has 0 bridgehead atoms. The lowest BCUT2D eigenvalue weighted by Crippen LogP contribution is -2.59. The molecule has 1 rings (SSSR count). The fraction of sp³-hybridized carbons (Fsp3) is 0.839. The molecular formula is C31H58N6O9. The minimum Gasteiger partial charge on any atom is -0.391 e. The van der Waals surface area contributed by atoms with Crippen molar-refractivity contribution in [2.75, 3.05) is 65.8 Å². The lowest BCUT2D eigenvalue weighted by molar-refractivity contribution is -0.132. The maximum Gasteiger partial charge on any atom is 0.243 e. The standard InChI is InChI=1S/C31H58N6O9/c32-15-9-16-35-28(41)14-19-45-23-31(24-46-21-27(34)40,22-44-18-13-26(33)39)36-29(42)10-7-5-3-1-2-4-6-8-11-30(43)37-17-12-25(38)20-37/h25,38H,1-24,32H2,(H2,33,39)(H2,34,40)(H,35,41)(H,36,42). The molecule has 1 fully saturated rings. The topological polar surface area (TPSA) is 239 Å². The predicted octanol–water partition coefficient (Wildman–Crippen LogP) is -0.399. The smallest absolute Gasteiger partial charge is 0.243 e. The van der Waals surface area contributed by atoms with Gasteiger partial charge < -0.3 is 52.1 Å². The number of nitrogens with zero attached hydrogens (tertiary/aromatic N) is 1. The molecule has 0 aromatic carbocycles. The fourth-order valence-corrected chi connectivity index (χ4v) is 4.98. The molecule has 0 aromatic heterocycles. The van der Waals surface area contributed by atoms with Crippen molar-refractivity contribution < 1.29 is 43.3 Å². The Labute approximate surface area is 273 Å². The molecule has 9 N–H and O–H groups in total. The van der Waals surface area contributed by atoms with E-state index in [0.717, 1.165) is 44.9 Å². The van der Waals surface area contributed by atoms with Crippen LogP contribution in [0.1, 0.15) is 89.9 Å². The molecule has 2 atom stereocenters. The van der Waals surface area contributed by atoms with E-state index >= 15 is 0 Å². The molecule has 1 aliphatic rings. The van der Waals surface area contributed by atoms with Crippen molar-refractivity contribution >= 4 is 29.5 Å². The fourth-order valence-electron chi connectivity index (χ4n) is 4.98. The number of rotatable bonds is 29. The van der Waals surface area contributed by atoms with Gasteiger partial charge in [0.15, 0.2) is 0 Å². The summed E-state index contributed by atoms with van der Waals surface area (Å²) < 4.78 is 16.9. The highest BCUT2D eigenvalue weighted by molar-refractivity contribution is 5.77. The van der Waals surface area contributed by atoms with Gasteiger partial charge in [-0.05, 0) is 32.2 Å². The van der Waals surface area contributed by atoms with Crippen molar-refractivity contribution in [3.8, 4) is 0 Å². The van der Waals surface area contributed by atoms with Gasteiger partial charge in [0, 0.05) is 45.3 Å². The first-order valence-electron chi connectivity index (χ1n) is 16.6. The summed E-state index contributed by atoms with van der Waals surface area (Å²) in [5.41, 5.74) is 14.7. The van der Waals surface area contributed by atoms with Crippen molar-refractivity contribution in [2.24, 2.45) is 17.2 Å². The second-order valence-corrected chi connectivity index (χ2v) is 12.0. The average molecular weight is 659 g/mol. The van der Waals surface area contributed by atoms with Crippen molar-refractivity contribution in [1.82, 2.24) is 15.5 Å². The first kappa shape index (κ1) is 41.2. The number of aliphatic hydroxyl groups excluding tert-OH is 1. The minimum atomic E-state index is -1.20. The maximum absolute atomic E-state index is 13.0. The van der Waals surface area contributed by atoms with Gasteiger partial charge in [0.1, 0.15) is 12.1 Å². The molecule has 0 spiro atoms. The summed E-state index contributed by atoms with van der Waals surface area (Å²) in [6.07, 6.45) is 9.35. The predicted molar refractivity (Wildman–Crippen MR) is 171 cm³/mol. The molecule has 1 heterocycles. The summed E-state index contributed by atoms with van der Waals surface area (Å²) in [7, 11) is 0. The molecule has 266 valence electrons. The number of hydrogen-bond donors (Lipinski definition) is 6. The van der Waals surface area contributed by atoms with Crippen molar-refractivity contribution in [3.63, 3.8) is 0 Å². The van der Waals surface area contributed by atoms with Gasteiger partial charge in [0.25, 0.3) is 0 Å². The Kier molecular flexibility index (Phi) is 22.6. The van der Waals surface area contributed by atoms with Crippen LogP contribution in [0.4, 0.5) is 0 Å². The third kappa shape index (κ3) is 21.0. The number of hydrogen-bond acceptors (Lipinski definition) is 10. The number of amides is 5. The van der Waals surface area contributed by atoms with Crippen LogP contribution in [0, 0.1) is 0 Å². The number of carbonyl (C=O) groups excluding carboxylic acids is 5. The van der Waals surface area contributed by atoms with E-state index in [9.17, 15) is 29.1 Å². The zero-order valence-corrected chi connectivity index (χ0v) is 27.4. The molecule has 2 unspecified atom stereocenters. The van der Waals surface area contributed by atoms with E-state index in [0.29, 0.717) is 51.9 Å². The Bertz CT molecular complexity index is 910. The molecular weight excluding hydrogens is 600 g/mol. The van der Waals surface area contributed by atoms with Crippen LogP contribution in [0.3, 0.4) is 0 Å². The highest BCUT2D eigenvalue weighted by atomic mass is 16.5. The van der Waals surface area contributed by atoms with Crippen molar-refractivity contribution in [1.29, 1.82) is 0 Å². The van der Waals surface area contributed by atoms with Crippen molar-refractivity contribution in [2.45, 2.75) is 102 Å². The van der Waals surface area contributed by atoms with Crippen LogP contribution in [0.2, 0.25) is 0 Å². The molecule has 46 heavy (non-hydrogen) atoms. The van der Waals surface area contributed by atoms with E-state index in [2.05, 4.69) is 10.6 Å². The third-order valence-corrected chi connectivity index (χ3v) is 7.51. The summed E-state index contributed by atoms with van der Waals surface area (Å²) in [6, 6.07) is 0. The number of ether oxygens (including phenoxy) is 3. The van der Waals surface area contributed by atoms with Gasteiger partial charge in [0.05, 0.1) is 39.1 Å². The number of β-amino-alcohol motifs (C(OH)–C–C–N with tert-alkyl or cyclic N) is 1. The Morgan fingerprint density at radius 3 is 1.89 bits per heavy atom. The zero-order chi connectivity index (χ0) is 34.0. The summed E-state index contributed by atoms with van der Waals surface area (Å²) in [5.74, 6) is -1.53. The summed E-state index contributed by atoms with van der Waals surface area (Å²) in [5, 5.41) is 15.3. The Morgan fingerprint density at radius 2 is 1.33 bits per heavy atom. The third-order valence-electron chi connectivity index (χ3n) is 7.51. The lowest BCUT2D eigenvalue weighted by Gasteiger charge is -2.34. The van der Waals surface area contributed by atoms with Crippen molar-refractivity contribution in [3.05, 3.63) is 0 Å². The van der Waals surface area contributed by atoms with E-state index in [1.165, 1.54) is 0 Å². The van der Waals surface area contributed by atoms with Crippen LogP contribution in [0.5, 0.6) is 0 Å². The van der Waals surface area contributed by atoms with E-state index in [-0.39, 0.29) is 82.7 Å². The summed E-state index contributed by atoms with van der Waals surface area (Å²) in [4.78, 5) is 61.4. The number of carbonyl (C=O) groups is 5. The van der Waals surface area contributed by atoms with Gasteiger partial charge in [0.2, 0.25) is 29.5 Å². The van der Waals surface area contributed by atoms with Gasteiger partial charge in [-0.3, -0.25) is 24.0 Å². The zero-order valence-electron chi connectivity index (χ0n) is 27.4. The summed E-state index contributed by atoms with van der Waals surface area (Å²) in [6.45, 7) is 1.46. The van der Waals surface area contributed by atoms with Gasteiger partial charge in [-0.1, -0.05) is 38.5 Å². The van der Waals surface area contributed by atoms with Gasteiger partial charge in [-0.15, -0.1) is 0 Å². The Morgan fingerprint density at radius 1 is 0.739 bits per heavy atom. The first-order valence-corrected chi connectivity index (χ1v) is 16.6. The molecule has 0 aromatic rings. The Balaban J connectivity index is 2.47. The molecule has 1 aliphatic heterocycles. The van der Waals surface area contributed by atoms with E-state index < -0.39 is 17.4 Å². The summed E-state index contributed by atoms with van der Waals surface area (Å²) >= 11 is 0.